The fourth-order valence-corrected chi connectivity index (χ4v) is 2.35. The van der Waals surface area contributed by atoms with Crippen molar-refractivity contribution in [2.75, 3.05) is 32.4 Å². The molecule has 0 spiro atoms. The van der Waals surface area contributed by atoms with Crippen LogP contribution in [0, 0.1) is 0 Å². The summed E-state index contributed by atoms with van der Waals surface area (Å²) in [6.45, 7) is 2.47. The Morgan fingerprint density at radius 3 is 2.28 bits per heavy atom. The van der Waals surface area contributed by atoms with Crippen LogP contribution in [0.1, 0.15) is 10.4 Å². The maximum Gasteiger partial charge on any atom is 0.253 e. The number of thioether (sulfide) groups is 1. The molecule has 1 aromatic rings. The Kier molecular flexibility index (Phi) is 4.25. The van der Waals surface area contributed by atoms with Crippen molar-refractivity contribution in [2.24, 2.45) is 0 Å². The van der Waals surface area contributed by atoms with Gasteiger partial charge in [0.1, 0.15) is 0 Å². The highest BCUT2D eigenvalue weighted by Crippen LogP contribution is 2.16. The molecule has 0 aromatic heterocycles. The Morgan fingerprint density at radius 2 is 1.78 bits per heavy atom. The minimum Gasteiger partial charge on any atom is -0.342 e. The molecule has 18 heavy (non-hydrogen) atoms. The quantitative estimate of drug-likeness (QED) is 0.611. The zero-order chi connectivity index (χ0) is 13.0. The van der Waals surface area contributed by atoms with Gasteiger partial charge in [-0.25, -0.2) is 0 Å². The zero-order valence-corrected chi connectivity index (χ0v) is 11.2. The predicted octanol–water partition coefficient (Wildman–Crippen LogP) is 1.32. The molecule has 1 aliphatic heterocycles. The van der Waals surface area contributed by atoms with Crippen molar-refractivity contribution >= 4 is 24.1 Å². The lowest BCUT2D eigenvalue weighted by Crippen LogP contribution is -2.48. The van der Waals surface area contributed by atoms with E-state index in [1.165, 1.54) is 0 Å². The molecule has 96 valence electrons. The SMILES string of the molecule is CSc1ccc(C(=O)N2CCN(C=O)CC2)cc1. The van der Waals surface area contributed by atoms with E-state index in [0.717, 1.165) is 11.3 Å². The average molecular weight is 264 g/mol. The maximum absolute atomic E-state index is 12.2. The average Bonchev–Trinajstić information content (AvgIpc) is 2.47. The van der Waals surface area contributed by atoms with Gasteiger partial charge in [0.05, 0.1) is 0 Å². The summed E-state index contributed by atoms with van der Waals surface area (Å²) < 4.78 is 0. The maximum atomic E-state index is 12.2. The van der Waals surface area contributed by atoms with E-state index in [2.05, 4.69) is 0 Å². The molecule has 2 rings (SSSR count). The van der Waals surface area contributed by atoms with Gasteiger partial charge in [-0.3, -0.25) is 9.59 Å². The third-order valence-electron chi connectivity index (χ3n) is 3.09. The Hall–Kier alpha value is -1.49. The predicted molar refractivity (Wildman–Crippen MR) is 71.8 cm³/mol. The second-order valence-corrected chi connectivity index (χ2v) is 5.04. The molecular formula is C13H16N2O2S. The van der Waals surface area contributed by atoms with Gasteiger partial charge in [-0.05, 0) is 30.5 Å². The van der Waals surface area contributed by atoms with Crippen molar-refractivity contribution in [1.82, 2.24) is 9.80 Å². The highest BCUT2D eigenvalue weighted by Gasteiger charge is 2.20. The van der Waals surface area contributed by atoms with Crippen molar-refractivity contribution in [3.63, 3.8) is 0 Å². The summed E-state index contributed by atoms with van der Waals surface area (Å²) in [6, 6.07) is 7.64. The summed E-state index contributed by atoms with van der Waals surface area (Å²) >= 11 is 1.66. The summed E-state index contributed by atoms with van der Waals surface area (Å²) in [4.78, 5) is 27.4. The first kappa shape index (κ1) is 13.0. The second-order valence-electron chi connectivity index (χ2n) is 4.16. The lowest BCUT2D eigenvalue weighted by Gasteiger charge is -2.32. The van der Waals surface area contributed by atoms with E-state index in [1.54, 1.807) is 21.6 Å². The van der Waals surface area contributed by atoms with E-state index >= 15 is 0 Å². The van der Waals surface area contributed by atoms with Gasteiger partial charge in [0, 0.05) is 36.6 Å². The number of nitrogens with zero attached hydrogens (tertiary/aromatic N) is 2. The summed E-state index contributed by atoms with van der Waals surface area (Å²) in [6.07, 6.45) is 2.85. The minimum absolute atomic E-state index is 0.0493. The lowest BCUT2D eigenvalue weighted by atomic mass is 10.2. The molecule has 0 bridgehead atoms. The number of hydrogen-bond donors (Lipinski definition) is 0. The Labute approximate surface area is 111 Å². The van der Waals surface area contributed by atoms with E-state index < -0.39 is 0 Å². The van der Waals surface area contributed by atoms with E-state index in [9.17, 15) is 9.59 Å². The van der Waals surface area contributed by atoms with Crippen LogP contribution in [-0.4, -0.2) is 54.6 Å². The van der Waals surface area contributed by atoms with Crippen molar-refractivity contribution in [1.29, 1.82) is 0 Å². The van der Waals surface area contributed by atoms with Crippen molar-refractivity contribution in [2.45, 2.75) is 4.90 Å². The molecule has 1 saturated heterocycles. The lowest BCUT2D eigenvalue weighted by molar-refractivity contribution is -0.119. The van der Waals surface area contributed by atoms with Crippen molar-refractivity contribution < 1.29 is 9.59 Å². The molecule has 4 nitrogen and oxygen atoms in total. The smallest absolute Gasteiger partial charge is 0.253 e. The molecule has 1 aliphatic rings. The van der Waals surface area contributed by atoms with Gasteiger partial charge in [-0.1, -0.05) is 0 Å². The number of carbonyl (C=O) groups is 2. The Morgan fingerprint density at radius 1 is 1.17 bits per heavy atom. The van der Waals surface area contributed by atoms with Crippen LogP contribution >= 0.6 is 11.8 Å². The molecule has 0 radical (unpaired) electrons. The number of hydrogen-bond acceptors (Lipinski definition) is 3. The number of benzene rings is 1. The zero-order valence-electron chi connectivity index (χ0n) is 10.3. The van der Waals surface area contributed by atoms with Crippen LogP contribution in [-0.2, 0) is 4.79 Å². The summed E-state index contributed by atoms with van der Waals surface area (Å²) in [5, 5.41) is 0. The second kappa shape index (κ2) is 5.91. The number of amides is 2. The van der Waals surface area contributed by atoms with E-state index in [4.69, 9.17) is 0 Å². The Balaban J connectivity index is 2.00. The monoisotopic (exact) mass is 264 g/mol. The third kappa shape index (κ3) is 2.85. The molecule has 0 unspecified atom stereocenters. The first-order chi connectivity index (χ1) is 8.74. The van der Waals surface area contributed by atoms with E-state index in [1.807, 2.05) is 30.5 Å². The van der Waals surface area contributed by atoms with Crippen molar-refractivity contribution in [3.05, 3.63) is 29.8 Å². The molecule has 2 amide bonds. The Bertz CT molecular complexity index is 425. The fraction of sp³-hybridized carbons (Fsp3) is 0.385. The van der Waals surface area contributed by atoms with Crippen LogP contribution in [0.25, 0.3) is 0 Å². The molecule has 5 heteroatoms. The summed E-state index contributed by atoms with van der Waals surface area (Å²) in [5.41, 5.74) is 0.715. The highest BCUT2D eigenvalue weighted by atomic mass is 32.2. The van der Waals surface area contributed by atoms with Crippen LogP contribution in [0.5, 0.6) is 0 Å². The third-order valence-corrected chi connectivity index (χ3v) is 3.83. The minimum atomic E-state index is 0.0493. The van der Waals surface area contributed by atoms with Crippen LogP contribution < -0.4 is 0 Å². The molecule has 0 N–H and O–H groups in total. The van der Waals surface area contributed by atoms with Gasteiger partial charge in [0.25, 0.3) is 5.91 Å². The van der Waals surface area contributed by atoms with E-state index in [0.29, 0.717) is 31.7 Å². The van der Waals surface area contributed by atoms with Gasteiger partial charge >= 0.3 is 0 Å². The number of piperazine rings is 1. The summed E-state index contributed by atoms with van der Waals surface area (Å²) in [5.74, 6) is 0.0493. The number of rotatable bonds is 3. The topological polar surface area (TPSA) is 40.6 Å². The number of carbonyl (C=O) groups excluding carboxylic acids is 2. The van der Waals surface area contributed by atoms with E-state index in [-0.39, 0.29) is 5.91 Å². The van der Waals surface area contributed by atoms with Gasteiger partial charge in [-0.2, -0.15) is 0 Å². The van der Waals surface area contributed by atoms with Crippen LogP contribution in [0.3, 0.4) is 0 Å². The van der Waals surface area contributed by atoms with Crippen LogP contribution in [0.15, 0.2) is 29.2 Å². The molecule has 0 atom stereocenters. The molecule has 0 saturated carbocycles. The molecule has 1 fully saturated rings. The molecule has 1 heterocycles. The van der Waals surface area contributed by atoms with Gasteiger partial charge in [-0.15, -0.1) is 11.8 Å². The van der Waals surface area contributed by atoms with Gasteiger partial charge < -0.3 is 9.80 Å². The molecular weight excluding hydrogens is 248 g/mol. The standard InChI is InChI=1S/C13H16N2O2S/c1-18-12-4-2-11(3-5-12)13(17)15-8-6-14(10-16)7-9-15/h2-5,10H,6-9H2,1H3. The van der Waals surface area contributed by atoms with Gasteiger partial charge in [0.15, 0.2) is 0 Å². The van der Waals surface area contributed by atoms with Crippen LogP contribution in [0.4, 0.5) is 0 Å². The normalized spacial score (nSPS) is 15.6. The fourth-order valence-electron chi connectivity index (χ4n) is 1.95. The molecule has 0 aliphatic carbocycles. The van der Waals surface area contributed by atoms with Crippen molar-refractivity contribution in [3.8, 4) is 0 Å². The van der Waals surface area contributed by atoms with Gasteiger partial charge in [0.2, 0.25) is 6.41 Å². The highest BCUT2D eigenvalue weighted by molar-refractivity contribution is 7.98. The first-order valence-corrected chi connectivity index (χ1v) is 7.10. The van der Waals surface area contributed by atoms with Crippen LogP contribution in [0.2, 0.25) is 0 Å². The first-order valence-electron chi connectivity index (χ1n) is 5.87. The molecule has 1 aromatic carbocycles. The largest absolute Gasteiger partial charge is 0.342 e. The summed E-state index contributed by atoms with van der Waals surface area (Å²) in [7, 11) is 0.